The third-order valence-electron chi connectivity index (χ3n) is 3.37. The molecule has 5 nitrogen and oxygen atoms in total. The summed E-state index contributed by atoms with van der Waals surface area (Å²) >= 11 is 0. The van der Waals surface area contributed by atoms with Crippen molar-refractivity contribution in [3.8, 4) is 0 Å². The molecule has 1 aliphatic rings. The molecule has 0 aromatic heterocycles. The molecule has 1 aliphatic heterocycles. The number of rotatable bonds is 4. The average molecular weight is 256 g/mol. The summed E-state index contributed by atoms with van der Waals surface area (Å²) < 4.78 is 4.72. The van der Waals surface area contributed by atoms with Gasteiger partial charge in [-0.1, -0.05) is 0 Å². The number of carbonyl (C=O) groups is 2. The summed E-state index contributed by atoms with van der Waals surface area (Å²) in [7, 11) is 1.41. The summed E-state index contributed by atoms with van der Waals surface area (Å²) in [6.45, 7) is 5.13. The maximum Gasteiger partial charge on any atom is 0.308 e. The van der Waals surface area contributed by atoms with Gasteiger partial charge in [0.2, 0.25) is 5.91 Å². The Morgan fingerprint density at radius 2 is 1.89 bits per heavy atom. The number of piperidine rings is 1. The highest BCUT2D eigenvalue weighted by Crippen LogP contribution is 2.20. The Morgan fingerprint density at radius 1 is 1.33 bits per heavy atom. The monoisotopic (exact) mass is 256 g/mol. The highest BCUT2D eigenvalue weighted by Gasteiger charge is 2.28. The van der Waals surface area contributed by atoms with Gasteiger partial charge < -0.3 is 15.4 Å². The summed E-state index contributed by atoms with van der Waals surface area (Å²) in [5.74, 6) is -0.0768. The van der Waals surface area contributed by atoms with Crippen LogP contribution in [0.1, 0.15) is 39.5 Å². The van der Waals surface area contributed by atoms with Crippen LogP contribution >= 0.6 is 0 Å². The van der Waals surface area contributed by atoms with E-state index in [2.05, 4.69) is 0 Å². The molecule has 0 unspecified atom stereocenters. The zero-order valence-electron chi connectivity index (χ0n) is 11.6. The second-order valence-corrected chi connectivity index (χ2v) is 5.67. The molecule has 1 heterocycles. The number of ether oxygens (including phenoxy) is 1. The van der Waals surface area contributed by atoms with Crippen molar-refractivity contribution in [1.29, 1.82) is 0 Å². The molecular weight excluding hydrogens is 232 g/mol. The highest BCUT2D eigenvalue weighted by atomic mass is 16.5. The fourth-order valence-corrected chi connectivity index (χ4v) is 2.12. The molecule has 0 aromatic carbocycles. The Hall–Kier alpha value is -1.10. The van der Waals surface area contributed by atoms with Crippen molar-refractivity contribution in [2.24, 2.45) is 11.7 Å². The van der Waals surface area contributed by atoms with E-state index in [4.69, 9.17) is 10.5 Å². The predicted octanol–water partition coefficient (Wildman–Crippen LogP) is 0.915. The minimum atomic E-state index is -0.306. The Bertz CT molecular complexity index is 302. The minimum Gasteiger partial charge on any atom is -0.469 e. The van der Waals surface area contributed by atoms with Crippen LogP contribution in [-0.4, -0.2) is 42.5 Å². The SMILES string of the molecule is COC(=O)C1CCN(C(=O)CCC(C)(C)N)CC1. The third-order valence-corrected chi connectivity index (χ3v) is 3.37. The van der Waals surface area contributed by atoms with E-state index in [-0.39, 0.29) is 23.3 Å². The molecule has 18 heavy (non-hydrogen) atoms. The predicted molar refractivity (Wildman–Crippen MR) is 68.8 cm³/mol. The average Bonchev–Trinajstić information content (AvgIpc) is 2.34. The van der Waals surface area contributed by atoms with Gasteiger partial charge in [0.15, 0.2) is 0 Å². The van der Waals surface area contributed by atoms with Crippen LogP contribution in [0.4, 0.5) is 0 Å². The second kappa shape index (κ2) is 6.18. The van der Waals surface area contributed by atoms with Crippen LogP contribution in [0.5, 0.6) is 0 Å². The number of amides is 1. The molecule has 1 saturated heterocycles. The van der Waals surface area contributed by atoms with Gasteiger partial charge in [-0.25, -0.2) is 0 Å². The molecule has 2 N–H and O–H groups in total. The molecule has 1 fully saturated rings. The van der Waals surface area contributed by atoms with E-state index in [9.17, 15) is 9.59 Å². The van der Waals surface area contributed by atoms with Crippen molar-refractivity contribution in [3.63, 3.8) is 0 Å². The van der Waals surface area contributed by atoms with E-state index >= 15 is 0 Å². The molecule has 1 rings (SSSR count). The summed E-state index contributed by atoms with van der Waals surface area (Å²) in [4.78, 5) is 25.1. The maximum absolute atomic E-state index is 11.9. The summed E-state index contributed by atoms with van der Waals surface area (Å²) in [5, 5.41) is 0. The van der Waals surface area contributed by atoms with Gasteiger partial charge in [0.25, 0.3) is 0 Å². The quantitative estimate of drug-likeness (QED) is 0.759. The molecule has 0 spiro atoms. The van der Waals surface area contributed by atoms with Gasteiger partial charge in [0.05, 0.1) is 13.0 Å². The maximum atomic E-state index is 11.9. The van der Waals surface area contributed by atoms with Crippen LogP contribution in [0, 0.1) is 5.92 Å². The lowest BCUT2D eigenvalue weighted by Gasteiger charge is -2.31. The van der Waals surface area contributed by atoms with Crippen molar-refractivity contribution in [3.05, 3.63) is 0 Å². The largest absolute Gasteiger partial charge is 0.469 e. The van der Waals surface area contributed by atoms with Crippen LogP contribution in [0.15, 0.2) is 0 Å². The molecule has 0 bridgehead atoms. The standard InChI is InChI=1S/C13H24N2O3/c1-13(2,14)7-4-11(16)15-8-5-10(6-9-15)12(17)18-3/h10H,4-9,14H2,1-3H3. The fourth-order valence-electron chi connectivity index (χ4n) is 2.12. The molecule has 0 saturated carbocycles. The molecule has 0 aliphatic carbocycles. The first-order valence-electron chi connectivity index (χ1n) is 6.48. The number of carbonyl (C=O) groups excluding carboxylic acids is 2. The van der Waals surface area contributed by atoms with Crippen molar-refractivity contribution in [2.45, 2.75) is 45.1 Å². The van der Waals surface area contributed by atoms with Gasteiger partial charge >= 0.3 is 5.97 Å². The molecule has 0 atom stereocenters. The van der Waals surface area contributed by atoms with Gasteiger partial charge in [-0.2, -0.15) is 0 Å². The van der Waals surface area contributed by atoms with Gasteiger partial charge in [-0.15, -0.1) is 0 Å². The summed E-state index contributed by atoms with van der Waals surface area (Å²) in [6, 6.07) is 0. The van der Waals surface area contributed by atoms with Gasteiger partial charge in [0, 0.05) is 25.0 Å². The van der Waals surface area contributed by atoms with Crippen molar-refractivity contribution in [2.75, 3.05) is 20.2 Å². The number of hydrogen-bond acceptors (Lipinski definition) is 4. The van der Waals surface area contributed by atoms with Crippen molar-refractivity contribution >= 4 is 11.9 Å². The Labute approximate surface area is 109 Å². The van der Waals surface area contributed by atoms with Crippen molar-refractivity contribution in [1.82, 2.24) is 4.90 Å². The fraction of sp³-hybridized carbons (Fsp3) is 0.846. The van der Waals surface area contributed by atoms with E-state index in [1.54, 1.807) is 0 Å². The number of likely N-dealkylation sites (tertiary alicyclic amines) is 1. The normalized spacial score (nSPS) is 17.7. The first kappa shape index (κ1) is 15.0. The number of esters is 1. The van der Waals surface area contributed by atoms with Crippen LogP contribution < -0.4 is 5.73 Å². The third kappa shape index (κ3) is 4.64. The highest BCUT2D eigenvalue weighted by molar-refractivity contribution is 5.77. The molecule has 0 aromatic rings. The number of nitrogens with two attached hydrogens (primary N) is 1. The van der Waals surface area contributed by atoms with E-state index in [1.807, 2.05) is 18.7 Å². The molecular formula is C13H24N2O3. The second-order valence-electron chi connectivity index (χ2n) is 5.67. The van der Waals surface area contributed by atoms with Crippen LogP contribution in [0.25, 0.3) is 0 Å². The number of methoxy groups -OCH3 is 1. The molecule has 0 radical (unpaired) electrons. The first-order valence-corrected chi connectivity index (χ1v) is 6.48. The zero-order chi connectivity index (χ0) is 13.8. The van der Waals surface area contributed by atoms with Crippen LogP contribution in [0.3, 0.4) is 0 Å². The van der Waals surface area contributed by atoms with Gasteiger partial charge in [-0.05, 0) is 33.1 Å². The Morgan fingerprint density at radius 3 is 2.33 bits per heavy atom. The first-order chi connectivity index (χ1) is 8.33. The van der Waals surface area contributed by atoms with Gasteiger partial charge in [0.1, 0.15) is 0 Å². The lowest BCUT2D eigenvalue weighted by Crippen LogP contribution is -2.41. The topological polar surface area (TPSA) is 72.6 Å². The van der Waals surface area contributed by atoms with Crippen LogP contribution in [0.2, 0.25) is 0 Å². The summed E-state index contributed by atoms with van der Waals surface area (Å²) in [5.41, 5.74) is 5.56. The molecule has 104 valence electrons. The van der Waals surface area contributed by atoms with Crippen LogP contribution in [-0.2, 0) is 14.3 Å². The molecule has 5 heteroatoms. The summed E-state index contributed by atoms with van der Waals surface area (Å²) in [6.07, 6.45) is 2.56. The van der Waals surface area contributed by atoms with E-state index in [0.29, 0.717) is 38.8 Å². The Balaban J connectivity index is 2.34. The lowest BCUT2D eigenvalue weighted by molar-refractivity contribution is -0.148. The lowest BCUT2D eigenvalue weighted by atomic mass is 9.95. The number of hydrogen-bond donors (Lipinski definition) is 1. The van der Waals surface area contributed by atoms with Gasteiger partial charge in [-0.3, -0.25) is 9.59 Å². The number of nitrogens with zero attached hydrogens (tertiary/aromatic N) is 1. The van der Waals surface area contributed by atoms with E-state index in [0.717, 1.165) is 0 Å². The smallest absolute Gasteiger partial charge is 0.308 e. The van der Waals surface area contributed by atoms with E-state index in [1.165, 1.54) is 7.11 Å². The van der Waals surface area contributed by atoms with E-state index < -0.39 is 0 Å². The molecule has 1 amide bonds. The minimum absolute atomic E-state index is 0.0509. The zero-order valence-corrected chi connectivity index (χ0v) is 11.6. The Kier molecular flexibility index (Phi) is 5.14. The van der Waals surface area contributed by atoms with Crippen molar-refractivity contribution < 1.29 is 14.3 Å².